The van der Waals surface area contributed by atoms with Crippen LogP contribution in [-0.2, 0) is 24.0 Å². The summed E-state index contributed by atoms with van der Waals surface area (Å²) < 4.78 is 16.6. The number of benzene rings is 1. The van der Waals surface area contributed by atoms with Crippen molar-refractivity contribution in [2.45, 2.75) is 115 Å². The van der Waals surface area contributed by atoms with Crippen LogP contribution < -0.4 is 37.5 Å². The van der Waals surface area contributed by atoms with Crippen LogP contribution >= 0.6 is 0 Å². The molecule has 16 heteroatoms. The highest BCUT2D eigenvalue weighted by atomic mass is 28.4. The Kier molecular flexibility index (Phi) is 17.7. The Bertz CT molecular complexity index is 1300. The first kappa shape index (κ1) is 44.1. The monoisotopic (exact) mass is 724 g/mol. The molecule has 3 atom stereocenters. The molecule has 0 aromatic heterocycles. The van der Waals surface area contributed by atoms with Crippen molar-refractivity contribution >= 4 is 49.2 Å². The Hall–Kier alpha value is -3.89. The Labute approximate surface area is 295 Å². The number of carbonyl (C=O) groups excluding carboxylic acids is 4. The van der Waals surface area contributed by atoms with E-state index in [4.69, 9.17) is 10.8 Å². The first-order valence-corrected chi connectivity index (χ1v) is 18.8. The fourth-order valence-electron chi connectivity index (χ4n) is 5.88. The molecule has 1 aromatic carbocycles. The molecule has 1 aromatic rings. The van der Waals surface area contributed by atoms with E-state index < -0.39 is 60.4 Å². The molecule has 0 heterocycles. The molecule has 50 heavy (non-hydrogen) atoms. The number of unbranched alkanes of at least 4 members (excludes halogenated alkanes) is 1. The summed E-state index contributed by atoms with van der Waals surface area (Å²) in [6.45, 7) is 11.5. The van der Waals surface area contributed by atoms with Gasteiger partial charge in [-0.15, -0.1) is 0 Å². The standard InChI is InChI=1S/C34H57FN6O8Si/c1-33(2,3)50(35,34(4,5)6)23-15-13-22(14-16-23)29(44)41-26(21-36)30(45)40-25(32(48)49)11-8-9-19-38-27(42)17-18-28(43)39-20-10-12-24(37-7)31(46)47/h13-16,24-26,37H,8-12,17-21,36H2,1-7H3,(H,38,42)(H,39,43)(H,40,45)(H,41,44)(H,46,47)(H,48,49)/t24-,25-,26-/m1/s1. The minimum Gasteiger partial charge on any atom is -0.480 e. The van der Waals surface area contributed by atoms with Crippen LogP contribution in [0.3, 0.4) is 0 Å². The van der Waals surface area contributed by atoms with E-state index in [2.05, 4.69) is 26.6 Å². The average Bonchev–Trinajstić information content (AvgIpc) is 3.03. The van der Waals surface area contributed by atoms with Crippen molar-refractivity contribution in [3.8, 4) is 0 Å². The van der Waals surface area contributed by atoms with Crippen molar-refractivity contribution < 1.29 is 43.1 Å². The minimum atomic E-state index is -3.54. The molecule has 0 aliphatic rings. The van der Waals surface area contributed by atoms with Gasteiger partial charge in [0.05, 0.1) is 0 Å². The van der Waals surface area contributed by atoms with E-state index in [0.717, 1.165) is 0 Å². The number of rotatable bonds is 21. The van der Waals surface area contributed by atoms with Gasteiger partial charge in [0.15, 0.2) is 0 Å². The summed E-state index contributed by atoms with van der Waals surface area (Å²) in [4.78, 5) is 72.7. The molecule has 0 radical (unpaired) electrons. The van der Waals surface area contributed by atoms with Crippen LogP contribution in [-0.4, -0.2) is 99.0 Å². The van der Waals surface area contributed by atoms with Gasteiger partial charge < -0.3 is 46.6 Å². The molecule has 0 aliphatic heterocycles. The summed E-state index contributed by atoms with van der Waals surface area (Å²) in [5, 5.41) is 30.9. The van der Waals surface area contributed by atoms with Crippen molar-refractivity contribution in [2.75, 3.05) is 26.7 Å². The number of amides is 4. The number of hydrogen-bond donors (Lipinski definition) is 8. The number of hydrogen-bond acceptors (Lipinski definition) is 8. The van der Waals surface area contributed by atoms with Crippen molar-refractivity contribution in [1.82, 2.24) is 26.6 Å². The maximum atomic E-state index is 16.6. The van der Waals surface area contributed by atoms with E-state index in [1.807, 2.05) is 41.5 Å². The molecule has 0 bridgehead atoms. The van der Waals surface area contributed by atoms with Gasteiger partial charge in [0, 0.05) is 38.0 Å². The lowest BCUT2D eigenvalue weighted by molar-refractivity contribution is -0.142. The van der Waals surface area contributed by atoms with Crippen LogP contribution in [0, 0.1) is 0 Å². The molecule has 282 valence electrons. The molecule has 1 rings (SSSR count). The maximum absolute atomic E-state index is 16.6. The van der Waals surface area contributed by atoms with E-state index in [9.17, 15) is 33.9 Å². The Morgan fingerprint density at radius 2 is 1.22 bits per heavy atom. The number of aliphatic carboxylic acids is 2. The van der Waals surface area contributed by atoms with Crippen LogP contribution in [0.2, 0.25) is 10.1 Å². The summed E-state index contributed by atoms with van der Waals surface area (Å²) in [5.41, 5.74) is 5.94. The number of nitrogens with two attached hydrogens (primary N) is 1. The zero-order valence-electron chi connectivity index (χ0n) is 30.4. The Morgan fingerprint density at radius 3 is 1.66 bits per heavy atom. The van der Waals surface area contributed by atoms with Gasteiger partial charge in [0.25, 0.3) is 14.3 Å². The van der Waals surface area contributed by atoms with E-state index in [-0.39, 0.29) is 49.7 Å². The zero-order valence-corrected chi connectivity index (χ0v) is 31.4. The minimum absolute atomic E-state index is 0.0359. The van der Waals surface area contributed by atoms with Crippen LogP contribution in [0.4, 0.5) is 4.11 Å². The smallest absolute Gasteiger partial charge is 0.326 e. The normalized spacial score (nSPS) is 13.8. The molecule has 0 unspecified atom stereocenters. The topological polar surface area (TPSA) is 229 Å². The molecule has 0 saturated carbocycles. The van der Waals surface area contributed by atoms with Gasteiger partial charge in [0.1, 0.15) is 18.1 Å². The molecule has 0 fully saturated rings. The van der Waals surface area contributed by atoms with E-state index in [1.54, 1.807) is 19.2 Å². The highest BCUT2D eigenvalue weighted by molar-refractivity contribution is 6.90. The third-order valence-corrected chi connectivity index (χ3v) is 13.8. The maximum Gasteiger partial charge on any atom is 0.326 e. The number of nitrogens with one attached hydrogen (secondary N) is 5. The van der Waals surface area contributed by atoms with Gasteiger partial charge in [0.2, 0.25) is 17.7 Å². The molecule has 0 aliphatic carbocycles. The third-order valence-electron chi connectivity index (χ3n) is 8.54. The summed E-state index contributed by atoms with van der Waals surface area (Å²) in [6.07, 6.45) is 1.54. The van der Waals surface area contributed by atoms with E-state index >= 15 is 4.11 Å². The predicted octanol–water partition coefficient (Wildman–Crippen LogP) is 1.67. The molecule has 9 N–H and O–H groups in total. The third kappa shape index (κ3) is 13.4. The van der Waals surface area contributed by atoms with Crippen molar-refractivity contribution in [2.24, 2.45) is 5.73 Å². The quantitative estimate of drug-likeness (QED) is 0.0520. The van der Waals surface area contributed by atoms with Gasteiger partial charge in [-0.1, -0.05) is 53.7 Å². The van der Waals surface area contributed by atoms with Crippen LogP contribution in [0.15, 0.2) is 24.3 Å². The average molecular weight is 725 g/mol. The molecule has 0 spiro atoms. The fourth-order valence-corrected chi connectivity index (χ4v) is 10.5. The van der Waals surface area contributed by atoms with E-state index in [0.29, 0.717) is 37.4 Å². The van der Waals surface area contributed by atoms with Gasteiger partial charge in [-0.25, -0.2) is 4.79 Å². The highest BCUT2D eigenvalue weighted by Crippen LogP contribution is 2.51. The number of carbonyl (C=O) groups is 6. The molecular formula is C34H57FN6O8Si. The summed E-state index contributed by atoms with van der Waals surface area (Å²) in [6, 6.07) is 3.08. The predicted molar refractivity (Wildman–Crippen MR) is 191 cm³/mol. The molecule has 14 nitrogen and oxygen atoms in total. The fraction of sp³-hybridized carbons (Fsp3) is 0.647. The lowest BCUT2D eigenvalue weighted by Gasteiger charge is -2.44. The zero-order chi connectivity index (χ0) is 38.3. The second kappa shape index (κ2) is 20.1. The van der Waals surface area contributed by atoms with Crippen LogP contribution in [0.1, 0.15) is 96.8 Å². The summed E-state index contributed by atoms with van der Waals surface area (Å²) in [7, 11) is -1.99. The molecule has 4 amide bonds. The Balaban J connectivity index is 2.55. The first-order valence-electron chi connectivity index (χ1n) is 17.0. The summed E-state index contributed by atoms with van der Waals surface area (Å²) >= 11 is 0. The number of halogens is 1. The SMILES string of the molecule is CN[C@H](CCCNC(=O)CCC(=O)NCCCC[C@@H](NC(=O)[C@@H](CN)NC(=O)c1ccc([Si](F)(C(C)(C)C)C(C)(C)C)cc1)C(=O)O)C(=O)O. The van der Waals surface area contributed by atoms with Crippen molar-refractivity contribution in [3.05, 3.63) is 29.8 Å². The van der Waals surface area contributed by atoms with E-state index in [1.165, 1.54) is 12.1 Å². The number of carboxylic acids is 2. The number of likely N-dealkylation sites (N-methyl/N-ethyl adjacent to an activating group) is 1. The van der Waals surface area contributed by atoms with Gasteiger partial charge in [-0.3, -0.25) is 24.0 Å². The van der Waals surface area contributed by atoms with Gasteiger partial charge in [-0.05, 0) is 66.5 Å². The second-order valence-corrected chi connectivity index (χ2v) is 19.3. The Morgan fingerprint density at radius 1 is 0.740 bits per heavy atom. The lowest BCUT2D eigenvalue weighted by Crippen LogP contribution is -2.58. The highest BCUT2D eigenvalue weighted by Gasteiger charge is 2.56. The largest absolute Gasteiger partial charge is 0.480 e. The van der Waals surface area contributed by atoms with Gasteiger partial charge >= 0.3 is 11.9 Å². The molecular weight excluding hydrogens is 667 g/mol. The van der Waals surface area contributed by atoms with Crippen LogP contribution in [0.5, 0.6) is 0 Å². The first-order chi connectivity index (χ1) is 23.2. The van der Waals surface area contributed by atoms with Crippen molar-refractivity contribution in [1.29, 1.82) is 0 Å². The summed E-state index contributed by atoms with van der Waals surface area (Å²) in [5.74, 6) is -4.30. The van der Waals surface area contributed by atoms with Crippen molar-refractivity contribution in [3.63, 3.8) is 0 Å². The van der Waals surface area contributed by atoms with Gasteiger partial charge in [-0.2, -0.15) is 0 Å². The number of carboxylic acid groups (broad SMARTS) is 2. The lowest BCUT2D eigenvalue weighted by atomic mass is 10.1. The molecule has 0 saturated heterocycles. The van der Waals surface area contributed by atoms with Crippen LogP contribution in [0.25, 0.3) is 0 Å². The second-order valence-electron chi connectivity index (χ2n) is 14.4.